The fourth-order valence-corrected chi connectivity index (χ4v) is 5.21. The Bertz CT molecular complexity index is 2420. The van der Waals surface area contributed by atoms with Crippen LogP contribution < -0.4 is 21.3 Å². The van der Waals surface area contributed by atoms with E-state index < -0.39 is 23.6 Å². The molecule has 0 spiro atoms. The average molecular weight is 927 g/mol. The molecule has 0 aliphatic heterocycles. The second kappa shape index (κ2) is 35.9. The lowest BCUT2D eigenvalue weighted by molar-refractivity contribution is -0.214. The summed E-state index contributed by atoms with van der Waals surface area (Å²) in [5.41, 5.74) is 1.26. The lowest BCUT2D eigenvalue weighted by Crippen LogP contribution is -2.47. The zero-order valence-electron chi connectivity index (χ0n) is 38.0. The van der Waals surface area contributed by atoms with Gasteiger partial charge in [-0.05, 0) is 153 Å². The molecule has 0 bridgehead atoms. The minimum absolute atomic E-state index is 0. The maximum absolute atomic E-state index is 12.8. The largest absolute Gasteiger partial charge is 0.392 e. The Morgan fingerprint density at radius 1 is 0.621 bits per heavy atom. The third kappa shape index (κ3) is 31.3. The quantitative estimate of drug-likeness (QED) is 0.0368. The van der Waals surface area contributed by atoms with Crippen molar-refractivity contribution in [1.82, 2.24) is 21.3 Å². The highest BCUT2D eigenvalue weighted by Gasteiger charge is 2.22. The number of carbonyl (C=O) groups is 7. The SMILES string of the molecule is CC#CC#CC#CC#CC#CC#CC#CC#CC(=O)NCC(NC(C)=O)C(=O)CCCOC(C)(C)OCCCC(=O)CCC(=O)CCC(=O)NCCCCCNC(=O)c1ccc(CO)cc1.[HH].[HH].[HH].[HH].[HH].[HH].[HH].[HH].[HH].[HH].[HH].[HH].[HH].[HH].[HH]. The molecule has 0 aromatic heterocycles. The van der Waals surface area contributed by atoms with Gasteiger partial charge < -0.3 is 35.8 Å². The van der Waals surface area contributed by atoms with Gasteiger partial charge in [-0.2, -0.15) is 0 Å². The predicted octanol–water partition coefficient (Wildman–Crippen LogP) is 6.15. The maximum Gasteiger partial charge on any atom is 0.296 e. The summed E-state index contributed by atoms with van der Waals surface area (Å²) in [6.07, 6.45) is 3.51. The van der Waals surface area contributed by atoms with E-state index in [4.69, 9.17) is 14.6 Å². The van der Waals surface area contributed by atoms with Crippen molar-refractivity contribution in [2.45, 2.75) is 117 Å². The first-order chi connectivity index (χ1) is 31.8. The standard InChI is InChI=1S/C52H56N4O10.15H2/c1-5-6-7-8-9-10-11-12-13-14-15-16-17-18-20-27-49(62)55-40-47(56-42(2)58)48(61)26-24-39-66-52(3,4)65-38-23-25-45(59)32-33-46(60)34-35-50(63)53-36-21-19-22-37-54-51(64)44-30-28-43(41-57)29-31-44;;;;;;;;;;;;;;;/h28-31,47,57H,19,21-26,32-41H2,1-4H3,(H,53,63)(H,54,64)(H,55,62)(H,56,58);15*1H. The van der Waals surface area contributed by atoms with Gasteiger partial charge in [0.1, 0.15) is 17.6 Å². The Kier molecular flexibility index (Phi) is 30.7. The lowest BCUT2D eigenvalue weighted by Gasteiger charge is -2.26. The second-order valence-corrected chi connectivity index (χ2v) is 14.5. The van der Waals surface area contributed by atoms with E-state index in [-0.39, 0.29) is 115 Å². The number of ether oxygens (including phenoxy) is 2. The molecule has 1 aromatic carbocycles. The summed E-state index contributed by atoms with van der Waals surface area (Å²) in [7, 11) is 0. The summed E-state index contributed by atoms with van der Waals surface area (Å²) in [5.74, 6) is 36.2. The number of rotatable bonds is 28. The second-order valence-electron chi connectivity index (χ2n) is 14.5. The fraction of sp³-hybridized carbons (Fsp3) is 0.442. The number of ketones is 3. The topological polar surface area (TPSA) is 206 Å². The summed E-state index contributed by atoms with van der Waals surface area (Å²) in [6.45, 7) is 7.41. The van der Waals surface area contributed by atoms with Crippen molar-refractivity contribution in [2.75, 3.05) is 32.8 Å². The van der Waals surface area contributed by atoms with Gasteiger partial charge in [-0.3, -0.25) is 33.6 Å². The van der Waals surface area contributed by atoms with Crippen LogP contribution in [0.15, 0.2) is 24.3 Å². The zero-order valence-corrected chi connectivity index (χ0v) is 38.0. The maximum atomic E-state index is 12.8. The minimum Gasteiger partial charge on any atom is -0.392 e. The molecule has 0 aliphatic carbocycles. The minimum atomic E-state index is -1.01. The van der Waals surface area contributed by atoms with Crippen LogP contribution in [0.25, 0.3) is 0 Å². The number of hydrogen-bond donors (Lipinski definition) is 5. The normalized spacial score (nSPS) is 9.83. The molecule has 5 N–H and O–H groups in total. The molecule has 0 aliphatic rings. The number of unbranched alkanes of at least 4 members (excludes halogenated alkanes) is 2. The van der Waals surface area contributed by atoms with Crippen molar-refractivity contribution in [1.29, 1.82) is 0 Å². The molecule has 0 radical (unpaired) electrons. The highest BCUT2D eigenvalue weighted by molar-refractivity contribution is 5.95. The number of aliphatic hydroxyl groups is 1. The van der Waals surface area contributed by atoms with Crippen molar-refractivity contribution in [2.24, 2.45) is 0 Å². The zero-order chi connectivity index (χ0) is 48.7. The molecule has 0 saturated heterocycles. The van der Waals surface area contributed by atoms with E-state index in [0.29, 0.717) is 31.5 Å². The summed E-state index contributed by atoms with van der Waals surface area (Å²) in [4.78, 5) is 85.7. The van der Waals surface area contributed by atoms with Gasteiger partial charge in [0.25, 0.3) is 11.8 Å². The summed E-state index contributed by atoms with van der Waals surface area (Å²) in [5, 5.41) is 19.7. The van der Waals surface area contributed by atoms with Crippen molar-refractivity contribution < 1.29 is 69.5 Å². The summed E-state index contributed by atoms with van der Waals surface area (Å²) < 4.78 is 11.6. The Morgan fingerprint density at radius 3 is 1.67 bits per heavy atom. The van der Waals surface area contributed by atoms with Crippen LogP contribution in [0, 0.1) is 94.7 Å². The van der Waals surface area contributed by atoms with Crippen LogP contribution in [0.5, 0.6) is 0 Å². The Morgan fingerprint density at radius 2 is 1.12 bits per heavy atom. The van der Waals surface area contributed by atoms with E-state index in [0.717, 1.165) is 24.8 Å². The van der Waals surface area contributed by atoms with Crippen molar-refractivity contribution in [3.8, 4) is 94.7 Å². The highest BCUT2D eigenvalue weighted by Crippen LogP contribution is 2.14. The van der Waals surface area contributed by atoms with E-state index in [1.54, 1.807) is 45.0 Å². The van der Waals surface area contributed by atoms with E-state index in [2.05, 4.69) is 116 Å². The van der Waals surface area contributed by atoms with E-state index in [1.807, 2.05) is 0 Å². The average Bonchev–Trinajstić information content (AvgIpc) is 3.29. The van der Waals surface area contributed by atoms with Crippen LogP contribution in [0.4, 0.5) is 0 Å². The number of hydrogen-bond acceptors (Lipinski definition) is 10. The van der Waals surface area contributed by atoms with E-state index >= 15 is 0 Å². The number of carbonyl (C=O) groups excluding carboxylic acids is 7. The van der Waals surface area contributed by atoms with Gasteiger partial charge in [-0.25, -0.2) is 0 Å². The van der Waals surface area contributed by atoms with Gasteiger partial charge in [0.2, 0.25) is 11.8 Å². The third-order valence-electron chi connectivity index (χ3n) is 8.59. The molecule has 1 rings (SSSR count). The van der Waals surface area contributed by atoms with Crippen molar-refractivity contribution in [3.63, 3.8) is 0 Å². The monoisotopic (exact) mass is 927 g/mol. The van der Waals surface area contributed by atoms with Gasteiger partial charge in [0.15, 0.2) is 11.6 Å². The molecule has 1 unspecified atom stereocenters. The molecule has 0 fully saturated rings. The van der Waals surface area contributed by atoms with Gasteiger partial charge in [-0.1, -0.05) is 18.1 Å². The first-order valence-electron chi connectivity index (χ1n) is 21.3. The third-order valence-corrected chi connectivity index (χ3v) is 8.59. The molecule has 14 nitrogen and oxygen atoms in total. The van der Waals surface area contributed by atoms with Gasteiger partial charge in [-0.15, -0.1) is 0 Å². The number of amides is 4. The predicted molar refractivity (Wildman–Crippen MR) is 280 cm³/mol. The molecule has 0 heterocycles. The highest BCUT2D eigenvalue weighted by atomic mass is 16.7. The lowest BCUT2D eigenvalue weighted by atomic mass is 10.1. The van der Waals surface area contributed by atoms with Crippen LogP contribution in [0.1, 0.15) is 136 Å². The number of nitrogens with one attached hydrogen (secondary N) is 4. The van der Waals surface area contributed by atoms with Gasteiger partial charge in [0.05, 0.1) is 19.8 Å². The van der Waals surface area contributed by atoms with Crippen molar-refractivity contribution >= 4 is 41.0 Å². The van der Waals surface area contributed by atoms with Gasteiger partial charge >= 0.3 is 0 Å². The summed E-state index contributed by atoms with van der Waals surface area (Å²) >= 11 is 0. The molecule has 374 valence electrons. The number of benzene rings is 1. The molecular weight excluding hydrogens is 841 g/mol. The van der Waals surface area contributed by atoms with Crippen LogP contribution in [-0.2, 0) is 44.8 Å². The van der Waals surface area contributed by atoms with Crippen LogP contribution in [0.3, 0.4) is 0 Å². The molecule has 1 atom stereocenters. The molecule has 0 saturated carbocycles. The van der Waals surface area contributed by atoms with Crippen LogP contribution >= 0.6 is 0 Å². The van der Waals surface area contributed by atoms with E-state index in [9.17, 15) is 33.6 Å². The van der Waals surface area contributed by atoms with Crippen LogP contribution in [0.2, 0.25) is 0 Å². The molecule has 66 heavy (non-hydrogen) atoms. The molecule has 4 amide bonds. The Balaban J connectivity index is -0.000000223. The van der Waals surface area contributed by atoms with Gasteiger partial charge in [0, 0.05) is 98.0 Å². The van der Waals surface area contributed by atoms with Crippen molar-refractivity contribution in [3.05, 3.63) is 35.4 Å². The molecule has 14 heteroatoms. The number of aliphatic hydroxyl groups excluding tert-OH is 1. The number of Topliss-reactive ketones (excluding diaryl/α,β-unsaturated/α-hetero) is 3. The molecule has 1 aromatic rings. The summed E-state index contributed by atoms with van der Waals surface area (Å²) in [6, 6.07) is 5.74. The first kappa shape index (κ1) is 56.5. The Hall–Kier alpha value is -7.53. The van der Waals surface area contributed by atoms with Crippen LogP contribution in [-0.4, -0.2) is 90.8 Å². The first-order valence-corrected chi connectivity index (χ1v) is 21.3. The Labute approximate surface area is 411 Å². The smallest absolute Gasteiger partial charge is 0.296 e. The molecular formula is C52H86N4O10. The fourth-order valence-electron chi connectivity index (χ4n) is 5.21. The van der Waals surface area contributed by atoms with E-state index in [1.165, 1.54) is 6.92 Å².